The predicted octanol–water partition coefficient (Wildman–Crippen LogP) is 4.17. The molecule has 2 aromatic carbocycles. The zero-order chi connectivity index (χ0) is 24.8. The smallest absolute Gasteiger partial charge is 0.236 e. The van der Waals surface area contributed by atoms with Crippen LogP contribution in [-0.2, 0) is 21.4 Å². The van der Waals surface area contributed by atoms with Crippen molar-refractivity contribution in [1.29, 1.82) is 0 Å². The van der Waals surface area contributed by atoms with Gasteiger partial charge in [0, 0.05) is 57.1 Å². The highest BCUT2D eigenvalue weighted by molar-refractivity contribution is 7.92. The van der Waals surface area contributed by atoms with Gasteiger partial charge in [-0.15, -0.1) is 0 Å². The lowest BCUT2D eigenvalue weighted by atomic mass is 9.96. The molecule has 0 unspecified atom stereocenters. The van der Waals surface area contributed by atoms with Crippen LogP contribution in [0, 0.1) is 5.92 Å². The minimum Gasteiger partial charge on any atom is -0.340 e. The van der Waals surface area contributed by atoms with Gasteiger partial charge in [-0.3, -0.25) is 9.69 Å². The predicted molar refractivity (Wildman–Crippen MR) is 141 cm³/mol. The van der Waals surface area contributed by atoms with Crippen LogP contribution in [0.4, 0.5) is 0 Å². The SMILES string of the molecule is CC(C)c1ccc(CN2CCN(C(=O)C3CCN(S(=O)(=O)/C=C/c4ccccc4)CC3)CC2)cc1. The van der Waals surface area contributed by atoms with Crippen LogP contribution in [0.2, 0.25) is 0 Å². The molecule has 0 aliphatic carbocycles. The van der Waals surface area contributed by atoms with E-state index in [0.29, 0.717) is 31.8 Å². The maximum atomic E-state index is 13.1. The van der Waals surface area contributed by atoms with Gasteiger partial charge in [-0.2, -0.15) is 4.31 Å². The van der Waals surface area contributed by atoms with Crippen LogP contribution in [0.3, 0.4) is 0 Å². The van der Waals surface area contributed by atoms with E-state index in [1.54, 1.807) is 6.08 Å². The van der Waals surface area contributed by atoms with Crippen molar-refractivity contribution < 1.29 is 13.2 Å². The van der Waals surface area contributed by atoms with E-state index in [2.05, 4.69) is 43.0 Å². The third-order valence-electron chi connectivity index (χ3n) is 7.13. The summed E-state index contributed by atoms with van der Waals surface area (Å²) in [5.74, 6) is 0.633. The van der Waals surface area contributed by atoms with Gasteiger partial charge in [0.1, 0.15) is 0 Å². The second-order valence-corrected chi connectivity index (χ2v) is 11.7. The summed E-state index contributed by atoms with van der Waals surface area (Å²) >= 11 is 0. The number of amides is 1. The first kappa shape index (κ1) is 25.6. The van der Waals surface area contributed by atoms with Gasteiger partial charge < -0.3 is 4.90 Å². The lowest BCUT2D eigenvalue weighted by Gasteiger charge is -2.38. The number of carbonyl (C=O) groups excluding carboxylic acids is 1. The monoisotopic (exact) mass is 495 g/mol. The summed E-state index contributed by atoms with van der Waals surface area (Å²) in [6.07, 6.45) is 2.80. The highest BCUT2D eigenvalue weighted by Crippen LogP contribution is 2.24. The highest BCUT2D eigenvalue weighted by Gasteiger charge is 2.33. The van der Waals surface area contributed by atoms with Gasteiger partial charge in [0.15, 0.2) is 0 Å². The second-order valence-electron chi connectivity index (χ2n) is 9.93. The van der Waals surface area contributed by atoms with Crippen molar-refractivity contribution in [3.63, 3.8) is 0 Å². The molecule has 4 rings (SSSR count). The Morgan fingerprint density at radius 3 is 2.14 bits per heavy atom. The summed E-state index contributed by atoms with van der Waals surface area (Å²) in [5, 5.41) is 1.28. The Morgan fingerprint density at radius 2 is 1.54 bits per heavy atom. The molecule has 2 aliphatic rings. The molecular weight excluding hydrogens is 458 g/mol. The zero-order valence-corrected chi connectivity index (χ0v) is 21.7. The summed E-state index contributed by atoms with van der Waals surface area (Å²) in [6, 6.07) is 18.3. The van der Waals surface area contributed by atoms with Crippen LogP contribution in [0.15, 0.2) is 60.0 Å². The molecule has 7 heteroatoms. The molecule has 0 atom stereocenters. The van der Waals surface area contributed by atoms with Crippen molar-refractivity contribution in [3.05, 3.63) is 76.7 Å². The molecule has 0 bridgehead atoms. The Hall–Kier alpha value is -2.48. The van der Waals surface area contributed by atoms with E-state index in [9.17, 15) is 13.2 Å². The van der Waals surface area contributed by atoms with Gasteiger partial charge in [-0.05, 0) is 41.5 Å². The lowest BCUT2D eigenvalue weighted by molar-refractivity contribution is -0.138. The Kier molecular flexibility index (Phi) is 8.42. The number of sulfonamides is 1. The van der Waals surface area contributed by atoms with Crippen LogP contribution in [-0.4, -0.2) is 67.7 Å². The van der Waals surface area contributed by atoms with Crippen molar-refractivity contribution >= 4 is 22.0 Å². The van der Waals surface area contributed by atoms with Crippen LogP contribution < -0.4 is 0 Å². The molecule has 2 fully saturated rings. The quantitative estimate of drug-likeness (QED) is 0.579. The average Bonchev–Trinajstić information content (AvgIpc) is 2.88. The lowest BCUT2D eigenvalue weighted by Crippen LogP contribution is -2.51. The number of rotatable bonds is 7. The number of hydrogen-bond acceptors (Lipinski definition) is 4. The van der Waals surface area contributed by atoms with Crippen LogP contribution in [0.25, 0.3) is 6.08 Å². The number of benzene rings is 2. The van der Waals surface area contributed by atoms with E-state index in [1.165, 1.54) is 20.8 Å². The molecule has 6 nitrogen and oxygen atoms in total. The zero-order valence-electron chi connectivity index (χ0n) is 20.8. The number of piperidine rings is 1. The van der Waals surface area contributed by atoms with Gasteiger partial charge in [-0.1, -0.05) is 68.4 Å². The fourth-order valence-corrected chi connectivity index (χ4v) is 6.04. The van der Waals surface area contributed by atoms with E-state index in [-0.39, 0.29) is 11.8 Å². The van der Waals surface area contributed by atoms with Crippen LogP contribution in [0.5, 0.6) is 0 Å². The molecular formula is C28H37N3O3S. The molecule has 2 saturated heterocycles. The van der Waals surface area contributed by atoms with Crippen molar-refractivity contribution in [3.8, 4) is 0 Å². The first-order chi connectivity index (χ1) is 16.8. The van der Waals surface area contributed by atoms with Gasteiger partial charge in [0.05, 0.1) is 0 Å². The normalized spacial score (nSPS) is 19.0. The Balaban J connectivity index is 1.23. The summed E-state index contributed by atoms with van der Waals surface area (Å²) in [6.45, 7) is 9.32. The third-order valence-corrected chi connectivity index (χ3v) is 8.70. The first-order valence-corrected chi connectivity index (χ1v) is 14.2. The molecule has 0 radical (unpaired) electrons. The second kappa shape index (κ2) is 11.5. The van der Waals surface area contributed by atoms with Crippen molar-refractivity contribution in [2.24, 2.45) is 5.92 Å². The van der Waals surface area contributed by atoms with E-state index in [1.807, 2.05) is 35.2 Å². The number of carbonyl (C=O) groups is 1. The largest absolute Gasteiger partial charge is 0.340 e. The van der Waals surface area contributed by atoms with Gasteiger partial charge in [0.25, 0.3) is 0 Å². The van der Waals surface area contributed by atoms with Crippen molar-refractivity contribution in [2.75, 3.05) is 39.3 Å². The minimum atomic E-state index is -3.48. The molecule has 0 saturated carbocycles. The molecule has 2 heterocycles. The molecule has 0 N–H and O–H groups in total. The summed E-state index contributed by atoms with van der Waals surface area (Å²) < 4.78 is 26.9. The molecule has 188 valence electrons. The molecule has 35 heavy (non-hydrogen) atoms. The fourth-order valence-electron chi connectivity index (χ4n) is 4.82. The maximum absolute atomic E-state index is 13.1. The van der Waals surface area contributed by atoms with Crippen molar-refractivity contribution in [2.45, 2.75) is 39.2 Å². The Bertz CT molecular complexity index is 1100. The highest BCUT2D eigenvalue weighted by atomic mass is 32.2. The number of hydrogen-bond donors (Lipinski definition) is 0. The molecule has 0 aromatic heterocycles. The minimum absolute atomic E-state index is 0.0883. The molecule has 1 amide bonds. The molecule has 0 spiro atoms. The van der Waals surface area contributed by atoms with Gasteiger partial charge in [0.2, 0.25) is 15.9 Å². The topological polar surface area (TPSA) is 60.9 Å². The standard InChI is InChI=1S/C28H37N3O3S/c1-23(2)26-10-8-25(9-11-26)22-29-17-19-30(20-18-29)28(32)27-12-15-31(16-13-27)35(33,34)21-14-24-6-4-3-5-7-24/h3-11,14,21,23,27H,12-13,15-20,22H2,1-2H3/b21-14+. The molecule has 2 aromatic rings. The van der Waals surface area contributed by atoms with E-state index in [4.69, 9.17) is 0 Å². The summed E-state index contributed by atoms with van der Waals surface area (Å²) in [4.78, 5) is 17.5. The molecule has 2 aliphatic heterocycles. The van der Waals surface area contributed by atoms with Gasteiger partial charge >= 0.3 is 0 Å². The fraction of sp³-hybridized carbons (Fsp3) is 0.464. The van der Waals surface area contributed by atoms with Crippen molar-refractivity contribution in [1.82, 2.24) is 14.1 Å². The summed E-state index contributed by atoms with van der Waals surface area (Å²) in [7, 11) is -3.48. The van der Waals surface area contributed by atoms with Crippen LogP contribution in [0.1, 0.15) is 49.3 Å². The first-order valence-electron chi connectivity index (χ1n) is 12.6. The van der Waals surface area contributed by atoms with E-state index >= 15 is 0 Å². The Morgan fingerprint density at radius 1 is 0.914 bits per heavy atom. The Labute approximate surface area is 210 Å². The van der Waals surface area contributed by atoms with E-state index < -0.39 is 10.0 Å². The van der Waals surface area contributed by atoms with E-state index in [0.717, 1.165) is 38.3 Å². The van der Waals surface area contributed by atoms with Crippen LogP contribution >= 0.6 is 0 Å². The van der Waals surface area contributed by atoms with Gasteiger partial charge in [-0.25, -0.2) is 8.42 Å². The number of nitrogens with zero attached hydrogens (tertiary/aromatic N) is 3. The maximum Gasteiger partial charge on any atom is 0.236 e. The number of piperazine rings is 1. The third kappa shape index (κ3) is 6.81. The average molecular weight is 496 g/mol. The summed E-state index contributed by atoms with van der Waals surface area (Å²) in [5.41, 5.74) is 3.52.